The maximum atomic E-state index is 14.3. The van der Waals surface area contributed by atoms with E-state index in [9.17, 15) is 27.7 Å². The van der Waals surface area contributed by atoms with Crippen molar-refractivity contribution in [1.29, 1.82) is 0 Å². The Balaban J connectivity index is 1.31. The second kappa shape index (κ2) is 12.6. The van der Waals surface area contributed by atoms with Crippen molar-refractivity contribution < 1.29 is 37.5 Å². The number of amides is 3. The van der Waals surface area contributed by atoms with E-state index in [0.29, 0.717) is 29.2 Å². The summed E-state index contributed by atoms with van der Waals surface area (Å²) in [6.45, 7) is 7.66. The van der Waals surface area contributed by atoms with E-state index in [1.54, 1.807) is 27.0 Å². The van der Waals surface area contributed by atoms with Crippen LogP contribution in [-0.2, 0) is 19.8 Å². The molecule has 1 saturated heterocycles. The maximum absolute atomic E-state index is 14.3. The van der Waals surface area contributed by atoms with Gasteiger partial charge in [0, 0.05) is 23.0 Å². The van der Waals surface area contributed by atoms with Crippen LogP contribution in [0.1, 0.15) is 54.4 Å². The van der Waals surface area contributed by atoms with Gasteiger partial charge in [0.15, 0.2) is 5.13 Å². The zero-order chi connectivity index (χ0) is 33.6. The van der Waals surface area contributed by atoms with Crippen LogP contribution < -0.4 is 10.6 Å². The second-order valence-corrected chi connectivity index (χ2v) is 16.1. The Morgan fingerprint density at radius 3 is 2.50 bits per heavy atom. The average molecular weight is 691 g/mol. The molecule has 1 unspecified atom stereocenters. The summed E-state index contributed by atoms with van der Waals surface area (Å²) in [4.78, 5) is 65.7. The maximum Gasteiger partial charge on any atom is 0.399 e. The normalized spacial score (nSPS) is 16.4. The van der Waals surface area contributed by atoms with Gasteiger partial charge in [-0.2, -0.15) is 8.78 Å². The van der Waals surface area contributed by atoms with Crippen molar-refractivity contribution in [2.45, 2.75) is 58.3 Å². The largest absolute Gasteiger partial charge is 0.399 e. The Labute approximate surface area is 272 Å². The molecule has 4 aromatic rings. The van der Waals surface area contributed by atoms with E-state index in [1.165, 1.54) is 28.4 Å². The van der Waals surface area contributed by atoms with Crippen LogP contribution in [0.2, 0.25) is 0 Å². The number of rotatable bonds is 8. The Morgan fingerprint density at radius 2 is 1.83 bits per heavy atom. The number of alkyl halides is 2. The Hall–Kier alpha value is -3.55. The molecule has 2 atom stereocenters. The summed E-state index contributed by atoms with van der Waals surface area (Å²) in [5.74, 6) is -1.42. The number of hydrogen-bond donors (Lipinski definition) is 4. The van der Waals surface area contributed by atoms with Crippen LogP contribution in [0.4, 0.5) is 13.9 Å². The molecule has 1 aliphatic heterocycles. The minimum Gasteiger partial charge on any atom is -0.339 e. The van der Waals surface area contributed by atoms with E-state index in [-0.39, 0.29) is 16.2 Å². The molecule has 5 rings (SSSR count). The Bertz CT molecular complexity index is 1860. The first-order valence-electron chi connectivity index (χ1n) is 14.4. The number of benzene rings is 2. The van der Waals surface area contributed by atoms with Gasteiger partial charge < -0.3 is 25.3 Å². The minimum absolute atomic E-state index is 0.123. The number of thiazole rings is 1. The number of likely N-dealkylation sites (tertiary alicyclic amines) is 1. The number of halogens is 2. The quantitative estimate of drug-likeness (QED) is 0.158. The van der Waals surface area contributed by atoms with Crippen molar-refractivity contribution in [2.75, 3.05) is 11.9 Å². The summed E-state index contributed by atoms with van der Waals surface area (Å²) in [6, 6.07) is 10.6. The molecule has 2 aromatic heterocycles. The number of nitrogens with one attached hydrogen (secondary N) is 2. The van der Waals surface area contributed by atoms with Crippen LogP contribution in [0, 0.1) is 12.3 Å². The van der Waals surface area contributed by atoms with Gasteiger partial charge in [-0.15, -0.1) is 11.3 Å². The molecule has 2 aromatic carbocycles. The third-order valence-electron chi connectivity index (χ3n) is 7.72. The lowest BCUT2D eigenvalue weighted by Crippen LogP contribution is -2.57. The van der Waals surface area contributed by atoms with Gasteiger partial charge in [-0.05, 0) is 54.3 Å². The molecule has 3 amide bonds. The molecule has 244 valence electrons. The standard InChI is InChI=1S/C31H33F2N4O6PS2/c1-17-7-5-8-18(13-17)24-16-34-29(46-24)36-26(38)21-9-6-12-37(21)28(40)25(30(2,3)4)35-27(39)23-15-19-14-20(10-11-22(19)45-23)31(32,33)44(41,42)43/h5,7-8,10-11,13-16,21,25H,6,9,12H2,1-4H3,(H,35,39)(H,34,36,38)(H2,41,42,43)/t21-,25?/m0/s1. The molecular formula is C31H33F2N4O6PS2. The zero-order valence-corrected chi connectivity index (χ0v) is 27.9. The number of carbonyl (C=O) groups excluding carboxylic acids is 3. The number of fused-ring (bicyclic) bond motifs is 1. The molecule has 10 nitrogen and oxygen atoms in total. The number of aromatic nitrogens is 1. The van der Waals surface area contributed by atoms with E-state index in [4.69, 9.17) is 9.79 Å². The van der Waals surface area contributed by atoms with Crippen molar-refractivity contribution >= 4 is 63.2 Å². The number of thiophene rings is 1. The third-order valence-corrected chi connectivity index (χ3v) is 10.8. The monoisotopic (exact) mass is 690 g/mol. The van der Waals surface area contributed by atoms with Gasteiger partial charge in [-0.1, -0.05) is 68.0 Å². The Kier molecular flexibility index (Phi) is 9.24. The first kappa shape index (κ1) is 33.8. The van der Waals surface area contributed by atoms with E-state index in [2.05, 4.69) is 15.6 Å². The lowest BCUT2D eigenvalue weighted by Gasteiger charge is -2.35. The van der Waals surface area contributed by atoms with Crippen molar-refractivity contribution in [3.8, 4) is 10.4 Å². The lowest BCUT2D eigenvalue weighted by molar-refractivity contribution is -0.140. The molecule has 0 aliphatic carbocycles. The summed E-state index contributed by atoms with van der Waals surface area (Å²) in [5, 5.41) is 6.23. The number of aryl methyl sites for hydroxylation is 1. The van der Waals surface area contributed by atoms with Crippen LogP contribution in [0.15, 0.2) is 54.7 Å². The van der Waals surface area contributed by atoms with Crippen molar-refractivity contribution in [2.24, 2.45) is 5.41 Å². The van der Waals surface area contributed by atoms with E-state index in [0.717, 1.165) is 39.5 Å². The fourth-order valence-corrected chi connectivity index (χ4v) is 7.52. The molecule has 3 heterocycles. The first-order chi connectivity index (χ1) is 21.5. The highest BCUT2D eigenvalue weighted by Gasteiger charge is 2.50. The van der Waals surface area contributed by atoms with Crippen molar-refractivity contribution in [3.63, 3.8) is 0 Å². The van der Waals surface area contributed by atoms with Crippen molar-refractivity contribution in [3.05, 3.63) is 70.7 Å². The summed E-state index contributed by atoms with van der Waals surface area (Å²) < 4.78 is 40.3. The highest BCUT2D eigenvalue weighted by atomic mass is 32.1. The van der Waals surface area contributed by atoms with Crippen LogP contribution in [0.3, 0.4) is 0 Å². The molecule has 4 N–H and O–H groups in total. The number of nitrogens with zero attached hydrogens (tertiary/aromatic N) is 2. The molecule has 0 radical (unpaired) electrons. The lowest BCUT2D eigenvalue weighted by atomic mass is 9.85. The summed E-state index contributed by atoms with van der Waals surface area (Å²) in [5.41, 5.74) is -3.94. The van der Waals surface area contributed by atoms with E-state index >= 15 is 0 Å². The van der Waals surface area contributed by atoms with Crippen LogP contribution in [-0.4, -0.2) is 56.0 Å². The molecule has 1 fully saturated rings. The SMILES string of the molecule is Cc1cccc(-c2cnc(NC(=O)[C@@H]3CCCN3C(=O)C(NC(=O)c3cc4cc(C(F)(F)P(=O)(O)O)ccc4s3)C(C)(C)C)s2)c1. The predicted octanol–water partition coefficient (Wildman–Crippen LogP) is 6.33. The molecule has 0 saturated carbocycles. The third kappa shape index (κ3) is 6.91. The smallest absolute Gasteiger partial charge is 0.339 e. The zero-order valence-electron chi connectivity index (χ0n) is 25.4. The first-order valence-corrected chi connectivity index (χ1v) is 17.6. The number of hydrogen-bond acceptors (Lipinski definition) is 7. The van der Waals surface area contributed by atoms with Crippen LogP contribution in [0.5, 0.6) is 0 Å². The van der Waals surface area contributed by atoms with Gasteiger partial charge in [0.2, 0.25) is 11.8 Å². The minimum atomic E-state index is -5.77. The fourth-order valence-electron chi connectivity index (χ4n) is 5.28. The average Bonchev–Trinajstić information content (AvgIpc) is 3.73. The molecule has 0 bridgehead atoms. The Morgan fingerprint density at radius 1 is 1.09 bits per heavy atom. The molecule has 46 heavy (non-hydrogen) atoms. The van der Waals surface area contributed by atoms with Gasteiger partial charge in [0.1, 0.15) is 12.1 Å². The van der Waals surface area contributed by atoms with E-state index in [1.807, 2.05) is 31.2 Å². The highest BCUT2D eigenvalue weighted by Crippen LogP contribution is 2.59. The molecular weight excluding hydrogens is 657 g/mol. The highest BCUT2D eigenvalue weighted by molar-refractivity contribution is 7.52. The molecule has 15 heteroatoms. The summed E-state index contributed by atoms with van der Waals surface area (Å²) in [7, 11) is -5.77. The van der Waals surface area contributed by atoms with Crippen molar-refractivity contribution in [1.82, 2.24) is 15.2 Å². The van der Waals surface area contributed by atoms with Crippen LogP contribution >= 0.6 is 30.3 Å². The molecule has 1 aliphatic rings. The number of carbonyl (C=O) groups is 3. The topological polar surface area (TPSA) is 149 Å². The molecule has 0 spiro atoms. The van der Waals surface area contributed by atoms with Gasteiger partial charge in [-0.3, -0.25) is 18.9 Å². The predicted molar refractivity (Wildman–Crippen MR) is 174 cm³/mol. The van der Waals surface area contributed by atoms with Crippen LogP contribution in [0.25, 0.3) is 20.5 Å². The van der Waals surface area contributed by atoms with Gasteiger partial charge >= 0.3 is 13.3 Å². The van der Waals surface area contributed by atoms with Gasteiger partial charge in [-0.25, -0.2) is 4.98 Å². The summed E-state index contributed by atoms with van der Waals surface area (Å²) in [6.07, 6.45) is 2.73. The van der Waals surface area contributed by atoms with Gasteiger partial charge in [0.25, 0.3) is 5.91 Å². The van der Waals surface area contributed by atoms with E-state index < -0.39 is 48.1 Å². The van der Waals surface area contributed by atoms with Gasteiger partial charge in [0.05, 0.1) is 9.75 Å². The summed E-state index contributed by atoms with van der Waals surface area (Å²) >= 11 is 2.32. The number of anilines is 1. The fraction of sp³-hybridized carbons (Fsp3) is 0.355. The second-order valence-electron chi connectivity index (χ2n) is 12.3.